The van der Waals surface area contributed by atoms with Crippen LogP contribution in [0.1, 0.15) is 0 Å². The van der Waals surface area contributed by atoms with Crippen LogP contribution in [0.2, 0.25) is 5.02 Å². The number of nitrogens with zero attached hydrogens (tertiary/aromatic N) is 3. The zero-order valence-corrected chi connectivity index (χ0v) is 16.5. The lowest BCUT2D eigenvalue weighted by atomic mass is 10.1. The molecule has 8 heteroatoms. The van der Waals surface area contributed by atoms with Crippen molar-refractivity contribution < 1.29 is 14.2 Å². The highest BCUT2D eigenvalue weighted by Gasteiger charge is 2.17. The van der Waals surface area contributed by atoms with Crippen molar-refractivity contribution in [2.24, 2.45) is 0 Å². The molecule has 0 saturated heterocycles. The van der Waals surface area contributed by atoms with Gasteiger partial charge < -0.3 is 14.2 Å². The van der Waals surface area contributed by atoms with Crippen molar-refractivity contribution >= 4 is 27.9 Å². The van der Waals surface area contributed by atoms with Gasteiger partial charge in [0.1, 0.15) is 0 Å². The lowest BCUT2D eigenvalue weighted by molar-refractivity contribution is 0.324. The van der Waals surface area contributed by atoms with Crippen molar-refractivity contribution in [3.8, 4) is 39.1 Å². The highest BCUT2D eigenvalue weighted by Crippen LogP contribution is 2.41. The van der Waals surface area contributed by atoms with Gasteiger partial charge in [0.2, 0.25) is 10.7 Å². The van der Waals surface area contributed by atoms with E-state index in [2.05, 4.69) is 10.1 Å². The zero-order valence-electron chi connectivity index (χ0n) is 14.9. The van der Waals surface area contributed by atoms with Gasteiger partial charge in [-0.3, -0.25) is 0 Å². The summed E-state index contributed by atoms with van der Waals surface area (Å²) in [5, 5.41) is 5.30. The van der Waals surface area contributed by atoms with Crippen LogP contribution in [-0.4, -0.2) is 35.9 Å². The summed E-state index contributed by atoms with van der Waals surface area (Å²) in [5.41, 5.74) is 1.86. The van der Waals surface area contributed by atoms with Gasteiger partial charge in [-0.05, 0) is 29.8 Å². The molecule has 0 bridgehead atoms. The molecule has 2 aromatic heterocycles. The molecule has 6 nitrogen and oxygen atoms in total. The van der Waals surface area contributed by atoms with Gasteiger partial charge in [0.25, 0.3) is 0 Å². The molecule has 0 amide bonds. The van der Waals surface area contributed by atoms with Gasteiger partial charge in [-0.2, -0.15) is 4.98 Å². The predicted molar refractivity (Wildman–Crippen MR) is 106 cm³/mol. The number of methoxy groups -OCH3 is 3. The summed E-state index contributed by atoms with van der Waals surface area (Å²) in [6.45, 7) is 0. The first-order valence-corrected chi connectivity index (χ1v) is 9.25. The molecular weight excluding hydrogens is 386 g/mol. The fraction of sp³-hybridized carbons (Fsp3) is 0.158. The van der Waals surface area contributed by atoms with Crippen LogP contribution >= 0.6 is 22.9 Å². The molecule has 0 spiro atoms. The molecule has 0 radical (unpaired) electrons. The highest BCUT2D eigenvalue weighted by atomic mass is 35.5. The van der Waals surface area contributed by atoms with Crippen LogP contribution in [0, 0.1) is 0 Å². The van der Waals surface area contributed by atoms with Crippen molar-refractivity contribution in [2.75, 3.05) is 21.3 Å². The quantitative estimate of drug-likeness (QED) is 0.480. The molecule has 0 aliphatic heterocycles. The Bertz CT molecular complexity index is 1050. The van der Waals surface area contributed by atoms with Crippen molar-refractivity contribution in [1.82, 2.24) is 14.6 Å². The van der Waals surface area contributed by atoms with Gasteiger partial charge in [-0.15, -0.1) is 5.10 Å². The smallest absolute Gasteiger partial charge is 0.213 e. The number of hydrogen-bond donors (Lipinski definition) is 0. The maximum atomic E-state index is 5.96. The fourth-order valence-electron chi connectivity index (χ4n) is 2.78. The maximum Gasteiger partial charge on any atom is 0.213 e. The van der Waals surface area contributed by atoms with Gasteiger partial charge in [0, 0.05) is 16.8 Å². The third kappa shape index (κ3) is 3.20. The van der Waals surface area contributed by atoms with Crippen LogP contribution in [-0.2, 0) is 0 Å². The van der Waals surface area contributed by atoms with Crippen molar-refractivity contribution in [3.63, 3.8) is 0 Å². The minimum Gasteiger partial charge on any atom is -0.493 e. The summed E-state index contributed by atoms with van der Waals surface area (Å²) in [6, 6.07) is 11.4. The van der Waals surface area contributed by atoms with Crippen LogP contribution < -0.4 is 14.2 Å². The lowest BCUT2D eigenvalue weighted by Gasteiger charge is -2.12. The van der Waals surface area contributed by atoms with E-state index in [1.54, 1.807) is 37.2 Å². The van der Waals surface area contributed by atoms with Gasteiger partial charge in [0.05, 0.1) is 26.2 Å². The SMILES string of the molecule is COc1cc(-c2nc3sc(-c4ccc(Cl)cc4)cn3n2)cc(OC)c1OC. The first-order chi connectivity index (χ1) is 13.1. The van der Waals surface area contributed by atoms with Gasteiger partial charge in [0.15, 0.2) is 17.3 Å². The largest absolute Gasteiger partial charge is 0.493 e. The number of benzene rings is 2. The second-order valence-corrected chi connectivity index (χ2v) is 7.12. The van der Waals surface area contributed by atoms with Crippen LogP contribution in [0.5, 0.6) is 17.2 Å². The molecule has 2 aromatic carbocycles. The average Bonchev–Trinajstić information content (AvgIpc) is 3.26. The third-order valence-corrected chi connectivity index (χ3v) is 5.37. The monoisotopic (exact) mass is 401 g/mol. The zero-order chi connectivity index (χ0) is 19.0. The molecule has 4 aromatic rings. The van der Waals surface area contributed by atoms with E-state index in [1.165, 1.54) is 0 Å². The second-order valence-electron chi connectivity index (χ2n) is 5.68. The van der Waals surface area contributed by atoms with E-state index in [9.17, 15) is 0 Å². The Hall–Kier alpha value is -2.77. The van der Waals surface area contributed by atoms with E-state index < -0.39 is 0 Å². The summed E-state index contributed by atoms with van der Waals surface area (Å²) in [5.74, 6) is 2.25. The second kappa shape index (κ2) is 7.09. The summed E-state index contributed by atoms with van der Waals surface area (Å²) in [4.78, 5) is 6.51. The molecule has 0 aliphatic carbocycles. The molecule has 0 atom stereocenters. The Morgan fingerprint density at radius 1 is 0.926 bits per heavy atom. The number of fused-ring (bicyclic) bond motifs is 1. The van der Waals surface area contributed by atoms with Crippen LogP contribution in [0.4, 0.5) is 0 Å². The van der Waals surface area contributed by atoms with Gasteiger partial charge >= 0.3 is 0 Å². The van der Waals surface area contributed by atoms with Crippen LogP contribution in [0.3, 0.4) is 0 Å². The van der Waals surface area contributed by atoms with Crippen LogP contribution in [0.15, 0.2) is 42.6 Å². The number of thiazole rings is 1. The van der Waals surface area contributed by atoms with Crippen molar-refractivity contribution in [2.45, 2.75) is 0 Å². The Kier molecular flexibility index (Phi) is 4.63. The van der Waals surface area contributed by atoms with E-state index in [0.717, 1.165) is 21.0 Å². The summed E-state index contributed by atoms with van der Waals surface area (Å²) in [6.07, 6.45) is 1.96. The number of halogens is 1. The molecule has 0 unspecified atom stereocenters. The molecule has 138 valence electrons. The molecule has 0 saturated carbocycles. The van der Waals surface area contributed by atoms with Gasteiger partial charge in [-0.25, -0.2) is 4.52 Å². The molecule has 0 aliphatic rings. The molecule has 0 fully saturated rings. The predicted octanol–water partition coefficient (Wildman–Crippen LogP) is 4.80. The number of ether oxygens (including phenoxy) is 3. The first-order valence-electron chi connectivity index (χ1n) is 8.05. The fourth-order valence-corrected chi connectivity index (χ4v) is 3.83. The Morgan fingerprint density at radius 2 is 1.59 bits per heavy atom. The standard InChI is InChI=1S/C19H16ClN3O3S/c1-24-14-8-12(9-15(25-2)17(14)26-3)18-21-19-23(22-18)10-16(27-19)11-4-6-13(20)7-5-11/h4-10H,1-3H3. The van der Waals surface area contributed by atoms with E-state index in [-0.39, 0.29) is 0 Å². The van der Waals surface area contributed by atoms with Crippen LogP contribution in [0.25, 0.3) is 26.8 Å². The summed E-state index contributed by atoms with van der Waals surface area (Å²) < 4.78 is 17.9. The molecule has 4 rings (SSSR count). The highest BCUT2D eigenvalue weighted by molar-refractivity contribution is 7.20. The summed E-state index contributed by atoms with van der Waals surface area (Å²) in [7, 11) is 4.74. The molecule has 0 N–H and O–H groups in total. The lowest BCUT2D eigenvalue weighted by Crippen LogP contribution is -1.96. The maximum absolute atomic E-state index is 5.96. The van der Waals surface area contributed by atoms with E-state index in [1.807, 2.05) is 42.6 Å². The number of aromatic nitrogens is 3. The van der Waals surface area contributed by atoms with E-state index in [4.69, 9.17) is 25.8 Å². The third-order valence-electron chi connectivity index (χ3n) is 4.09. The van der Waals surface area contributed by atoms with Crippen molar-refractivity contribution in [1.29, 1.82) is 0 Å². The topological polar surface area (TPSA) is 57.9 Å². The number of rotatable bonds is 5. The minimum absolute atomic E-state index is 0.537. The first kappa shape index (κ1) is 17.6. The summed E-state index contributed by atoms with van der Waals surface area (Å²) >= 11 is 7.52. The average molecular weight is 402 g/mol. The number of hydrogen-bond acceptors (Lipinski definition) is 6. The van der Waals surface area contributed by atoms with E-state index in [0.29, 0.717) is 28.1 Å². The minimum atomic E-state index is 0.537. The molecule has 27 heavy (non-hydrogen) atoms. The molecule has 2 heterocycles. The Balaban J connectivity index is 1.75. The van der Waals surface area contributed by atoms with Crippen molar-refractivity contribution in [3.05, 3.63) is 47.6 Å². The normalized spacial score (nSPS) is 11.0. The molecular formula is C19H16ClN3O3S. The Labute approximate surface area is 164 Å². The van der Waals surface area contributed by atoms with Gasteiger partial charge in [-0.1, -0.05) is 35.1 Å². The van der Waals surface area contributed by atoms with E-state index >= 15 is 0 Å². The Morgan fingerprint density at radius 3 is 2.15 bits per heavy atom.